The molecule has 1 unspecified atom stereocenters. The van der Waals surface area contributed by atoms with Gasteiger partial charge in [-0.3, -0.25) is 5.84 Å². The fourth-order valence-corrected chi connectivity index (χ4v) is 2.22. The van der Waals surface area contributed by atoms with Crippen LogP contribution in [0, 0.1) is 0 Å². The molecule has 0 saturated carbocycles. The van der Waals surface area contributed by atoms with E-state index < -0.39 is 0 Å². The van der Waals surface area contributed by atoms with Crippen LogP contribution < -0.4 is 16.0 Å². The summed E-state index contributed by atoms with van der Waals surface area (Å²) in [6.45, 7) is 2.57. The standard InChI is InChI=1S/C11H14N4OS/c1-2-16-9-6-4-3-5-8(9)11(14-12)10-7-13-15-17-10/h3-7,11,14H,2,12H2,1H3. The molecule has 3 N–H and O–H groups in total. The molecule has 0 fully saturated rings. The molecule has 6 heteroatoms. The Morgan fingerprint density at radius 2 is 2.29 bits per heavy atom. The Morgan fingerprint density at radius 1 is 1.47 bits per heavy atom. The van der Waals surface area contributed by atoms with Gasteiger partial charge in [0, 0.05) is 5.56 Å². The van der Waals surface area contributed by atoms with E-state index in [1.165, 1.54) is 11.5 Å². The van der Waals surface area contributed by atoms with E-state index in [1.807, 2.05) is 31.2 Å². The first kappa shape index (κ1) is 12.0. The maximum Gasteiger partial charge on any atom is 0.124 e. The topological polar surface area (TPSA) is 73.1 Å². The second-order valence-corrected chi connectivity index (χ2v) is 4.21. The highest BCUT2D eigenvalue weighted by Crippen LogP contribution is 2.30. The highest BCUT2D eigenvalue weighted by atomic mass is 32.1. The molecule has 1 aromatic carbocycles. The number of hydrogen-bond donors (Lipinski definition) is 2. The predicted octanol–water partition coefficient (Wildman–Crippen LogP) is 1.49. The van der Waals surface area contributed by atoms with Crippen molar-refractivity contribution in [3.05, 3.63) is 40.9 Å². The summed E-state index contributed by atoms with van der Waals surface area (Å²) in [5.74, 6) is 6.43. The van der Waals surface area contributed by atoms with E-state index in [0.717, 1.165) is 16.2 Å². The summed E-state index contributed by atoms with van der Waals surface area (Å²) in [5, 5.41) is 3.82. The molecule has 0 aliphatic rings. The Hall–Kier alpha value is -1.50. The van der Waals surface area contributed by atoms with Gasteiger partial charge < -0.3 is 4.74 Å². The van der Waals surface area contributed by atoms with Crippen LogP contribution in [0.3, 0.4) is 0 Å². The van der Waals surface area contributed by atoms with Crippen LogP contribution in [-0.4, -0.2) is 16.2 Å². The number of nitrogens with zero attached hydrogens (tertiary/aromatic N) is 2. The number of hydrazine groups is 1. The molecule has 2 rings (SSSR count). The van der Waals surface area contributed by atoms with Crippen molar-refractivity contribution in [2.24, 2.45) is 5.84 Å². The molecule has 0 aliphatic heterocycles. The lowest BCUT2D eigenvalue weighted by molar-refractivity contribution is 0.333. The van der Waals surface area contributed by atoms with E-state index in [4.69, 9.17) is 10.6 Å². The Bertz CT molecular complexity index is 460. The molecule has 90 valence electrons. The van der Waals surface area contributed by atoms with E-state index in [9.17, 15) is 0 Å². The summed E-state index contributed by atoms with van der Waals surface area (Å²) in [6.07, 6.45) is 1.71. The fraction of sp³-hybridized carbons (Fsp3) is 0.273. The first-order valence-electron chi connectivity index (χ1n) is 5.32. The lowest BCUT2D eigenvalue weighted by Gasteiger charge is -2.17. The zero-order chi connectivity index (χ0) is 12.1. The van der Waals surface area contributed by atoms with Gasteiger partial charge in [-0.25, -0.2) is 5.43 Å². The van der Waals surface area contributed by atoms with Gasteiger partial charge in [0.15, 0.2) is 0 Å². The molecule has 0 amide bonds. The van der Waals surface area contributed by atoms with E-state index in [0.29, 0.717) is 6.61 Å². The number of hydrogen-bond acceptors (Lipinski definition) is 6. The Kier molecular flexibility index (Phi) is 4.03. The van der Waals surface area contributed by atoms with Gasteiger partial charge in [0.25, 0.3) is 0 Å². The van der Waals surface area contributed by atoms with E-state index >= 15 is 0 Å². The third-order valence-corrected chi connectivity index (χ3v) is 3.09. The molecule has 0 aliphatic carbocycles. The van der Waals surface area contributed by atoms with Crippen molar-refractivity contribution in [2.75, 3.05) is 6.61 Å². The first-order valence-corrected chi connectivity index (χ1v) is 6.09. The number of benzene rings is 1. The van der Waals surface area contributed by atoms with Crippen LogP contribution in [-0.2, 0) is 0 Å². The van der Waals surface area contributed by atoms with Crippen LogP contribution in [0.5, 0.6) is 5.75 Å². The number of ether oxygens (including phenoxy) is 1. The Balaban J connectivity index is 2.37. The van der Waals surface area contributed by atoms with Crippen molar-refractivity contribution in [2.45, 2.75) is 13.0 Å². The molecule has 1 aromatic heterocycles. The molecule has 0 saturated heterocycles. The number of aromatic nitrogens is 2. The summed E-state index contributed by atoms with van der Waals surface area (Å²) in [5.41, 5.74) is 3.76. The average molecular weight is 250 g/mol. The predicted molar refractivity (Wildman–Crippen MR) is 66.7 cm³/mol. The minimum atomic E-state index is -0.141. The van der Waals surface area contributed by atoms with Crippen LogP contribution in [0.4, 0.5) is 0 Å². The van der Waals surface area contributed by atoms with Crippen molar-refractivity contribution in [1.29, 1.82) is 0 Å². The lowest BCUT2D eigenvalue weighted by Crippen LogP contribution is -2.28. The van der Waals surface area contributed by atoms with Gasteiger partial charge in [-0.05, 0) is 24.5 Å². The first-order chi connectivity index (χ1) is 8.36. The minimum Gasteiger partial charge on any atom is -0.494 e. The highest BCUT2D eigenvalue weighted by Gasteiger charge is 2.18. The van der Waals surface area contributed by atoms with Gasteiger partial charge in [-0.2, -0.15) is 0 Å². The molecule has 0 bridgehead atoms. The molecule has 1 heterocycles. The number of rotatable bonds is 5. The monoisotopic (exact) mass is 250 g/mol. The summed E-state index contributed by atoms with van der Waals surface area (Å²) < 4.78 is 9.43. The molecule has 1 atom stereocenters. The fourth-order valence-electron chi connectivity index (χ4n) is 1.63. The smallest absolute Gasteiger partial charge is 0.124 e. The van der Waals surface area contributed by atoms with Gasteiger partial charge in [-0.15, -0.1) is 5.10 Å². The van der Waals surface area contributed by atoms with E-state index in [2.05, 4.69) is 15.0 Å². The van der Waals surface area contributed by atoms with Gasteiger partial charge in [0.05, 0.1) is 23.7 Å². The van der Waals surface area contributed by atoms with Gasteiger partial charge >= 0.3 is 0 Å². The molecule has 0 radical (unpaired) electrons. The summed E-state index contributed by atoms with van der Waals surface area (Å²) in [4.78, 5) is 0.958. The van der Waals surface area contributed by atoms with E-state index in [-0.39, 0.29) is 6.04 Å². The maximum atomic E-state index is 5.61. The van der Waals surface area contributed by atoms with E-state index in [1.54, 1.807) is 6.20 Å². The number of para-hydroxylation sites is 1. The largest absolute Gasteiger partial charge is 0.494 e. The Labute approximate surface area is 104 Å². The van der Waals surface area contributed by atoms with Crippen molar-refractivity contribution in [3.8, 4) is 5.75 Å². The molecule has 5 nitrogen and oxygen atoms in total. The number of nitrogens with one attached hydrogen (secondary N) is 1. The molecular weight excluding hydrogens is 236 g/mol. The van der Waals surface area contributed by atoms with Gasteiger partial charge in [0.1, 0.15) is 5.75 Å². The van der Waals surface area contributed by atoms with Crippen LogP contribution in [0.25, 0.3) is 0 Å². The molecular formula is C11H14N4OS. The third-order valence-electron chi connectivity index (χ3n) is 2.36. The van der Waals surface area contributed by atoms with Crippen LogP contribution in [0.15, 0.2) is 30.5 Å². The minimum absolute atomic E-state index is 0.141. The van der Waals surface area contributed by atoms with Gasteiger partial charge in [-0.1, -0.05) is 22.7 Å². The zero-order valence-electron chi connectivity index (χ0n) is 9.46. The third kappa shape index (κ3) is 2.60. The van der Waals surface area contributed by atoms with Crippen molar-refractivity contribution in [3.63, 3.8) is 0 Å². The maximum absolute atomic E-state index is 5.61. The lowest BCUT2D eigenvalue weighted by atomic mass is 10.1. The number of nitrogens with two attached hydrogens (primary N) is 1. The van der Waals surface area contributed by atoms with Crippen molar-refractivity contribution < 1.29 is 4.74 Å². The van der Waals surface area contributed by atoms with Crippen LogP contribution in [0.1, 0.15) is 23.4 Å². The molecule has 0 spiro atoms. The van der Waals surface area contributed by atoms with Crippen LogP contribution >= 0.6 is 11.5 Å². The summed E-state index contributed by atoms with van der Waals surface area (Å²) in [6, 6.07) is 7.66. The summed E-state index contributed by atoms with van der Waals surface area (Å²) >= 11 is 1.32. The second-order valence-electron chi connectivity index (χ2n) is 3.39. The molecule has 2 aromatic rings. The van der Waals surface area contributed by atoms with Crippen LogP contribution in [0.2, 0.25) is 0 Å². The summed E-state index contributed by atoms with van der Waals surface area (Å²) in [7, 11) is 0. The normalized spacial score (nSPS) is 12.4. The average Bonchev–Trinajstić information content (AvgIpc) is 2.86. The van der Waals surface area contributed by atoms with Crippen molar-refractivity contribution in [1.82, 2.24) is 15.0 Å². The Morgan fingerprint density at radius 3 is 2.94 bits per heavy atom. The zero-order valence-corrected chi connectivity index (χ0v) is 10.3. The SMILES string of the molecule is CCOc1ccccc1C(NN)c1cnns1. The highest BCUT2D eigenvalue weighted by molar-refractivity contribution is 7.05. The second kappa shape index (κ2) is 5.72. The quantitative estimate of drug-likeness (QED) is 0.621. The van der Waals surface area contributed by atoms with Gasteiger partial charge in [0.2, 0.25) is 0 Å². The molecule has 17 heavy (non-hydrogen) atoms. The van der Waals surface area contributed by atoms with Crippen molar-refractivity contribution >= 4 is 11.5 Å².